The summed E-state index contributed by atoms with van der Waals surface area (Å²) >= 11 is 0. The summed E-state index contributed by atoms with van der Waals surface area (Å²) in [5, 5.41) is 10.4. The van der Waals surface area contributed by atoms with E-state index in [4.69, 9.17) is 9.47 Å². The molecule has 2 N–H and O–H groups in total. The van der Waals surface area contributed by atoms with Crippen LogP contribution in [-0.4, -0.2) is 24.3 Å². The third-order valence-corrected chi connectivity index (χ3v) is 4.79. The molecule has 0 fully saturated rings. The minimum absolute atomic E-state index is 0.0279. The van der Waals surface area contributed by atoms with Gasteiger partial charge in [-0.2, -0.15) is 0 Å². The molecule has 3 aromatic carbocycles. The lowest BCUT2D eigenvalue weighted by Crippen LogP contribution is -2.36. The Kier molecular flexibility index (Phi) is 5.27. The van der Waals surface area contributed by atoms with Crippen LogP contribution in [0.3, 0.4) is 0 Å². The highest BCUT2D eigenvalue weighted by molar-refractivity contribution is 5.72. The Morgan fingerprint density at radius 3 is 2.50 bits per heavy atom. The van der Waals surface area contributed by atoms with E-state index in [1.54, 1.807) is 18.2 Å². The Morgan fingerprint density at radius 1 is 1.00 bits per heavy atom. The van der Waals surface area contributed by atoms with Crippen molar-refractivity contribution in [2.75, 3.05) is 14.2 Å². The fraction of sp³-hybridized carbons (Fsp3) is 0.125. The van der Waals surface area contributed by atoms with Gasteiger partial charge in [-0.05, 0) is 35.7 Å². The van der Waals surface area contributed by atoms with Gasteiger partial charge in [-0.25, -0.2) is 13.9 Å². The smallest absolute Gasteiger partial charge is 0.334 e. The quantitative estimate of drug-likeness (QED) is 0.403. The normalized spacial score (nSPS) is 10.5. The molecule has 0 aliphatic heterocycles. The maximum absolute atomic E-state index is 13.3. The number of nitrogens with zero attached hydrogens (tertiary/aromatic N) is 1. The predicted molar refractivity (Wildman–Crippen MR) is 111 cm³/mol. The first-order valence-electron chi connectivity index (χ1n) is 9.31. The Hall–Kier alpha value is -3.98. The van der Waals surface area contributed by atoms with Crippen molar-refractivity contribution in [3.8, 4) is 29.1 Å². The Balaban J connectivity index is 1.80. The summed E-state index contributed by atoms with van der Waals surface area (Å²) in [7, 11) is 3.03. The number of rotatable bonds is 4. The molecule has 30 heavy (non-hydrogen) atoms. The van der Waals surface area contributed by atoms with E-state index in [0.29, 0.717) is 29.4 Å². The van der Waals surface area contributed by atoms with Gasteiger partial charge in [0, 0.05) is 18.1 Å². The van der Waals surface area contributed by atoms with Crippen LogP contribution >= 0.6 is 0 Å². The summed E-state index contributed by atoms with van der Waals surface area (Å²) in [6.07, 6.45) is 0. The highest BCUT2D eigenvalue weighted by Crippen LogP contribution is 2.32. The first kappa shape index (κ1) is 19.3. The van der Waals surface area contributed by atoms with Crippen LogP contribution in [0.2, 0.25) is 0 Å². The lowest BCUT2D eigenvalue weighted by molar-refractivity contribution is -0.664. The number of para-hydroxylation sites is 2. The van der Waals surface area contributed by atoms with E-state index in [-0.39, 0.29) is 11.6 Å². The van der Waals surface area contributed by atoms with Gasteiger partial charge < -0.3 is 14.6 Å². The van der Waals surface area contributed by atoms with Gasteiger partial charge in [0.25, 0.3) is 0 Å². The number of ether oxygens (including phenoxy) is 2. The number of fused-ring (bicyclic) bond motifs is 1. The molecule has 150 valence electrons. The van der Waals surface area contributed by atoms with Gasteiger partial charge in [-0.15, -0.1) is 0 Å². The molecule has 0 atom stereocenters. The third-order valence-electron chi connectivity index (χ3n) is 4.79. The zero-order valence-electron chi connectivity index (χ0n) is 16.6. The van der Waals surface area contributed by atoms with E-state index < -0.39 is 0 Å². The Morgan fingerprint density at radius 2 is 1.77 bits per heavy atom. The molecule has 0 amide bonds. The minimum Gasteiger partial charge on any atom is -0.506 e. The van der Waals surface area contributed by atoms with Crippen LogP contribution in [0.4, 0.5) is 4.39 Å². The molecular formula is C24H20FN2O3+. The summed E-state index contributed by atoms with van der Waals surface area (Å²) in [5.74, 6) is 7.36. The van der Waals surface area contributed by atoms with Crippen LogP contribution in [0.15, 0.2) is 60.7 Å². The first-order chi connectivity index (χ1) is 14.6. The van der Waals surface area contributed by atoms with Crippen molar-refractivity contribution in [1.29, 1.82) is 0 Å². The maximum atomic E-state index is 13.3. The maximum Gasteiger partial charge on any atom is 0.334 e. The average Bonchev–Trinajstić information content (AvgIpc) is 3.11. The number of halogens is 1. The molecule has 0 unspecified atom stereocenters. The van der Waals surface area contributed by atoms with Crippen molar-refractivity contribution in [2.45, 2.75) is 6.54 Å². The van der Waals surface area contributed by atoms with Crippen molar-refractivity contribution in [1.82, 2.24) is 4.98 Å². The van der Waals surface area contributed by atoms with E-state index in [2.05, 4.69) is 16.8 Å². The van der Waals surface area contributed by atoms with Crippen molar-refractivity contribution in [2.24, 2.45) is 0 Å². The molecule has 0 saturated heterocycles. The Bertz CT molecular complexity index is 1270. The van der Waals surface area contributed by atoms with E-state index in [1.807, 2.05) is 28.8 Å². The van der Waals surface area contributed by atoms with E-state index in [1.165, 1.54) is 32.4 Å². The lowest BCUT2D eigenvalue weighted by atomic mass is 10.1. The van der Waals surface area contributed by atoms with Crippen LogP contribution in [0, 0.1) is 17.7 Å². The number of hydrogen-bond acceptors (Lipinski definition) is 3. The summed E-state index contributed by atoms with van der Waals surface area (Å²) < 4.78 is 25.8. The number of aromatic amines is 1. The van der Waals surface area contributed by atoms with Crippen molar-refractivity contribution >= 4 is 11.0 Å². The van der Waals surface area contributed by atoms with Crippen LogP contribution in [0.5, 0.6) is 17.2 Å². The number of aromatic nitrogens is 2. The number of H-pyrrole nitrogens is 1. The third kappa shape index (κ3) is 3.78. The molecule has 0 aliphatic carbocycles. The molecule has 1 heterocycles. The molecule has 0 spiro atoms. The number of phenolic OH excluding ortho intramolecular Hbond substituents is 1. The van der Waals surface area contributed by atoms with Crippen LogP contribution in [0.25, 0.3) is 11.0 Å². The SMILES string of the molecule is COc1cc(O)c(C#Cc2[nH]c3ccccc3[n+]2Cc2ccc(F)cc2)c(OC)c1. The zero-order valence-corrected chi connectivity index (χ0v) is 16.6. The molecule has 0 saturated carbocycles. The summed E-state index contributed by atoms with van der Waals surface area (Å²) in [5.41, 5.74) is 3.20. The van der Waals surface area contributed by atoms with E-state index in [0.717, 1.165) is 16.6 Å². The molecule has 0 aliphatic rings. The fourth-order valence-corrected chi connectivity index (χ4v) is 3.27. The second-order valence-corrected chi connectivity index (χ2v) is 6.68. The first-order valence-corrected chi connectivity index (χ1v) is 9.31. The molecule has 1 aromatic heterocycles. The summed E-state index contributed by atoms with van der Waals surface area (Å²) in [6, 6.07) is 17.4. The van der Waals surface area contributed by atoms with Gasteiger partial charge in [-0.3, -0.25) is 0 Å². The molecule has 0 radical (unpaired) electrons. The molecule has 4 rings (SSSR count). The summed E-state index contributed by atoms with van der Waals surface area (Å²) in [6.45, 7) is 0.514. The number of methoxy groups -OCH3 is 2. The number of aromatic hydroxyl groups is 1. The number of imidazole rings is 1. The van der Waals surface area contributed by atoms with E-state index >= 15 is 0 Å². The standard InChI is InChI=1S/C24H19FN2O3/c1-29-18-13-22(28)19(23(14-18)30-2)11-12-24-26-20-5-3-4-6-21(20)27(24)15-16-7-9-17(25)10-8-16/h3-10,13-14H,15H2,1-2H3,(H,26,28)/p+1. The van der Waals surface area contributed by atoms with Gasteiger partial charge in [0.1, 0.15) is 35.2 Å². The van der Waals surface area contributed by atoms with Crippen molar-refractivity contribution in [3.05, 3.63) is 83.4 Å². The second kappa shape index (κ2) is 8.18. The predicted octanol–water partition coefficient (Wildman–Crippen LogP) is 3.77. The average molecular weight is 403 g/mol. The van der Waals surface area contributed by atoms with Crippen molar-refractivity contribution in [3.63, 3.8) is 0 Å². The van der Waals surface area contributed by atoms with Gasteiger partial charge in [0.15, 0.2) is 11.0 Å². The molecule has 5 nitrogen and oxygen atoms in total. The zero-order chi connectivity index (χ0) is 21.1. The van der Waals surface area contributed by atoms with Crippen LogP contribution < -0.4 is 14.0 Å². The van der Waals surface area contributed by atoms with Crippen LogP contribution in [-0.2, 0) is 6.54 Å². The number of hydrogen-bond donors (Lipinski definition) is 2. The highest BCUT2D eigenvalue weighted by Gasteiger charge is 2.17. The molecule has 4 aromatic rings. The van der Waals surface area contributed by atoms with Gasteiger partial charge in [0.2, 0.25) is 0 Å². The van der Waals surface area contributed by atoms with Crippen LogP contribution in [0.1, 0.15) is 17.0 Å². The number of nitrogens with one attached hydrogen (secondary N) is 1. The largest absolute Gasteiger partial charge is 0.506 e. The molecular weight excluding hydrogens is 383 g/mol. The van der Waals surface area contributed by atoms with Gasteiger partial charge >= 0.3 is 5.82 Å². The summed E-state index contributed by atoms with van der Waals surface area (Å²) in [4.78, 5) is 3.31. The fourth-order valence-electron chi connectivity index (χ4n) is 3.27. The highest BCUT2D eigenvalue weighted by atomic mass is 19.1. The minimum atomic E-state index is -0.273. The molecule has 0 bridgehead atoms. The Labute approximate surface area is 173 Å². The monoisotopic (exact) mass is 403 g/mol. The lowest BCUT2D eigenvalue weighted by Gasteiger charge is -2.08. The topological polar surface area (TPSA) is 58.4 Å². The van der Waals surface area contributed by atoms with Crippen molar-refractivity contribution < 1.29 is 23.5 Å². The van der Waals surface area contributed by atoms with Gasteiger partial charge in [-0.1, -0.05) is 24.3 Å². The van der Waals surface area contributed by atoms with E-state index in [9.17, 15) is 9.50 Å². The number of phenols is 1. The second-order valence-electron chi connectivity index (χ2n) is 6.68. The molecule has 6 heteroatoms. The van der Waals surface area contributed by atoms with Gasteiger partial charge in [0.05, 0.1) is 14.2 Å². The number of benzene rings is 3.